The van der Waals surface area contributed by atoms with Crippen molar-refractivity contribution >= 4 is 28.5 Å². The number of aromatic nitrogens is 5. The van der Waals surface area contributed by atoms with E-state index >= 15 is 0 Å². The highest BCUT2D eigenvalue weighted by atomic mass is 16.5. The zero-order valence-electron chi connectivity index (χ0n) is 16.2. The highest BCUT2D eigenvalue weighted by Gasteiger charge is 2.18. The molecule has 4 rings (SSSR count). The van der Waals surface area contributed by atoms with E-state index in [0.717, 1.165) is 16.9 Å². The van der Waals surface area contributed by atoms with Crippen LogP contribution in [-0.2, 0) is 16.0 Å². The van der Waals surface area contributed by atoms with Crippen LogP contribution in [0.15, 0.2) is 48.7 Å². The SMILES string of the molecule is COCCOC1C=CC=C(n2nnc3cnc(Nc4ccc(CN)cc4)nc32)C1. The number of nitrogens with two attached hydrogens (primary N) is 1. The van der Waals surface area contributed by atoms with E-state index in [0.29, 0.717) is 43.3 Å². The van der Waals surface area contributed by atoms with Gasteiger partial charge in [-0.1, -0.05) is 29.5 Å². The van der Waals surface area contributed by atoms with Crippen LogP contribution in [0.4, 0.5) is 11.6 Å². The van der Waals surface area contributed by atoms with Gasteiger partial charge < -0.3 is 20.5 Å². The van der Waals surface area contributed by atoms with Gasteiger partial charge in [0.2, 0.25) is 5.95 Å². The maximum atomic E-state index is 5.82. The fraction of sp³-hybridized carbons (Fsp3) is 0.300. The minimum absolute atomic E-state index is 0.0371. The zero-order chi connectivity index (χ0) is 20.1. The maximum Gasteiger partial charge on any atom is 0.229 e. The number of hydrogen-bond donors (Lipinski definition) is 2. The summed E-state index contributed by atoms with van der Waals surface area (Å²) in [7, 11) is 1.66. The second kappa shape index (κ2) is 8.91. The second-order valence-corrected chi connectivity index (χ2v) is 6.58. The predicted molar refractivity (Wildman–Crippen MR) is 110 cm³/mol. The van der Waals surface area contributed by atoms with E-state index in [2.05, 4.69) is 25.6 Å². The zero-order valence-corrected chi connectivity index (χ0v) is 16.2. The highest BCUT2D eigenvalue weighted by Crippen LogP contribution is 2.23. The Labute approximate surface area is 168 Å². The van der Waals surface area contributed by atoms with Crippen LogP contribution in [-0.4, -0.2) is 51.4 Å². The van der Waals surface area contributed by atoms with Crippen molar-refractivity contribution in [2.45, 2.75) is 19.1 Å². The van der Waals surface area contributed by atoms with E-state index in [1.165, 1.54) is 0 Å². The van der Waals surface area contributed by atoms with E-state index in [-0.39, 0.29) is 6.10 Å². The Morgan fingerprint density at radius 1 is 1.24 bits per heavy atom. The van der Waals surface area contributed by atoms with Crippen LogP contribution in [0.1, 0.15) is 12.0 Å². The lowest BCUT2D eigenvalue weighted by Crippen LogP contribution is -2.18. The molecule has 2 heterocycles. The summed E-state index contributed by atoms with van der Waals surface area (Å²) in [5, 5.41) is 11.7. The lowest BCUT2D eigenvalue weighted by atomic mass is 10.1. The molecule has 0 saturated carbocycles. The minimum Gasteiger partial charge on any atom is -0.382 e. The fourth-order valence-corrected chi connectivity index (χ4v) is 3.02. The number of rotatable bonds is 8. The molecule has 1 aliphatic carbocycles. The van der Waals surface area contributed by atoms with Crippen LogP contribution < -0.4 is 11.1 Å². The molecule has 0 amide bonds. The molecule has 0 aliphatic heterocycles. The summed E-state index contributed by atoms with van der Waals surface area (Å²) in [6, 6.07) is 7.83. The molecule has 0 bridgehead atoms. The number of methoxy groups -OCH3 is 1. The number of anilines is 2. The molecule has 9 nitrogen and oxygen atoms in total. The highest BCUT2D eigenvalue weighted by molar-refractivity contribution is 5.75. The third-order valence-corrected chi connectivity index (χ3v) is 4.55. The Morgan fingerprint density at radius 2 is 2.10 bits per heavy atom. The summed E-state index contributed by atoms with van der Waals surface area (Å²) in [6.07, 6.45) is 8.27. The van der Waals surface area contributed by atoms with Gasteiger partial charge in [-0.25, -0.2) is 4.98 Å². The summed E-state index contributed by atoms with van der Waals surface area (Å²) < 4.78 is 12.6. The number of nitrogens with zero attached hydrogens (tertiary/aromatic N) is 5. The maximum absolute atomic E-state index is 5.82. The smallest absolute Gasteiger partial charge is 0.229 e. The molecule has 3 aromatic rings. The third-order valence-electron chi connectivity index (χ3n) is 4.55. The second-order valence-electron chi connectivity index (χ2n) is 6.58. The predicted octanol–water partition coefficient (Wildman–Crippen LogP) is 2.26. The monoisotopic (exact) mass is 393 g/mol. The van der Waals surface area contributed by atoms with Gasteiger partial charge in [-0.3, -0.25) is 0 Å². The Kier molecular flexibility index (Phi) is 5.89. The van der Waals surface area contributed by atoms with Gasteiger partial charge in [-0.15, -0.1) is 5.10 Å². The first-order valence-corrected chi connectivity index (χ1v) is 9.39. The normalized spacial score (nSPS) is 16.2. The molecule has 1 atom stereocenters. The van der Waals surface area contributed by atoms with E-state index in [4.69, 9.17) is 15.2 Å². The summed E-state index contributed by atoms with van der Waals surface area (Å²) in [6.45, 7) is 1.60. The molecule has 0 fully saturated rings. The van der Waals surface area contributed by atoms with Crippen LogP contribution in [0.2, 0.25) is 0 Å². The van der Waals surface area contributed by atoms with Crippen molar-refractivity contribution in [2.75, 3.05) is 25.6 Å². The fourth-order valence-electron chi connectivity index (χ4n) is 3.02. The van der Waals surface area contributed by atoms with Gasteiger partial charge in [0.25, 0.3) is 0 Å². The van der Waals surface area contributed by atoms with Crippen LogP contribution >= 0.6 is 0 Å². The van der Waals surface area contributed by atoms with Gasteiger partial charge in [0.05, 0.1) is 25.5 Å². The molecule has 0 radical (unpaired) electrons. The molecular weight excluding hydrogens is 370 g/mol. The number of allylic oxidation sites excluding steroid dienone is 2. The average molecular weight is 393 g/mol. The number of ether oxygens (including phenoxy) is 2. The van der Waals surface area contributed by atoms with Crippen molar-refractivity contribution < 1.29 is 9.47 Å². The molecule has 0 saturated heterocycles. The van der Waals surface area contributed by atoms with E-state index < -0.39 is 0 Å². The van der Waals surface area contributed by atoms with Crippen molar-refractivity contribution in [2.24, 2.45) is 5.73 Å². The molecule has 3 N–H and O–H groups in total. The summed E-state index contributed by atoms with van der Waals surface area (Å²) in [4.78, 5) is 8.95. The van der Waals surface area contributed by atoms with Gasteiger partial charge in [0, 0.05) is 31.5 Å². The number of benzene rings is 1. The van der Waals surface area contributed by atoms with Gasteiger partial charge in [0.15, 0.2) is 11.2 Å². The van der Waals surface area contributed by atoms with Crippen LogP contribution in [0.3, 0.4) is 0 Å². The lowest BCUT2D eigenvalue weighted by Gasteiger charge is -2.19. The topological polar surface area (TPSA) is 113 Å². The largest absolute Gasteiger partial charge is 0.382 e. The van der Waals surface area contributed by atoms with E-state index in [1.54, 1.807) is 18.0 Å². The first kappa shape index (κ1) is 19.2. The number of fused-ring (bicyclic) bond motifs is 1. The Balaban J connectivity index is 1.54. The molecule has 1 aliphatic rings. The molecule has 1 unspecified atom stereocenters. The molecule has 150 valence electrons. The standard InChI is InChI=1S/C20H23N7O2/c1-28-9-10-29-17-4-2-3-16(11-17)27-19-18(25-26-27)13-22-20(24-19)23-15-7-5-14(12-21)6-8-15/h2-8,13,17H,9-12,21H2,1H3,(H,22,23,24). The van der Waals surface area contributed by atoms with Crippen molar-refractivity contribution in [1.29, 1.82) is 0 Å². The van der Waals surface area contributed by atoms with Gasteiger partial charge in [-0.05, 0) is 23.8 Å². The first-order chi connectivity index (χ1) is 14.3. The average Bonchev–Trinajstić information content (AvgIpc) is 3.18. The molecule has 9 heteroatoms. The Bertz CT molecular complexity index is 1030. The van der Waals surface area contributed by atoms with E-state index in [1.807, 2.05) is 42.5 Å². The Morgan fingerprint density at radius 3 is 2.90 bits per heavy atom. The Hall–Kier alpha value is -3.14. The lowest BCUT2D eigenvalue weighted by molar-refractivity contribution is 0.0409. The quantitative estimate of drug-likeness (QED) is 0.560. The van der Waals surface area contributed by atoms with Crippen molar-refractivity contribution in [3.8, 4) is 0 Å². The number of nitrogens with one attached hydrogen (secondary N) is 1. The van der Waals surface area contributed by atoms with E-state index in [9.17, 15) is 0 Å². The molecule has 1 aromatic carbocycles. The van der Waals surface area contributed by atoms with Crippen molar-refractivity contribution in [3.05, 3.63) is 54.3 Å². The summed E-state index contributed by atoms with van der Waals surface area (Å²) in [5.74, 6) is 0.474. The third kappa shape index (κ3) is 4.48. The van der Waals surface area contributed by atoms with Gasteiger partial charge in [-0.2, -0.15) is 9.67 Å². The minimum atomic E-state index is -0.0371. The van der Waals surface area contributed by atoms with Gasteiger partial charge >= 0.3 is 0 Å². The van der Waals surface area contributed by atoms with Crippen LogP contribution in [0, 0.1) is 0 Å². The number of hydrogen-bond acceptors (Lipinski definition) is 8. The first-order valence-electron chi connectivity index (χ1n) is 9.39. The molecule has 0 spiro atoms. The van der Waals surface area contributed by atoms with Crippen LogP contribution in [0.5, 0.6) is 0 Å². The summed E-state index contributed by atoms with van der Waals surface area (Å²) in [5.41, 5.74) is 9.81. The van der Waals surface area contributed by atoms with Crippen LogP contribution in [0.25, 0.3) is 16.9 Å². The molecule has 29 heavy (non-hydrogen) atoms. The molecular formula is C20H23N7O2. The van der Waals surface area contributed by atoms with Crippen molar-refractivity contribution in [1.82, 2.24) is 25.0 Å². The summed E-state index contributed by atoms with van der Waals surface area (Å²) >= 11 is 0. The van der Waals surface area contributed by atoms with Gasteiger partial charge in [0.1, 0.15) is 0 Å². The van der Waals surface area contributed by atoms with Crippen molar-refractivity contribution in [3.63, 3.8) is 0 Å². The molecule has 2 aromatic heterocycles.